The Balaban J connectivity index is 4.25. The standard InChI is InChI=1S/C8H16N2O5S/c1-3(11)5(9)7(14)6(13)4(12)2-15-8(10)16/h4-7,12-14H,2,9H2,1H3,(H2,10,16)/t4-,5+,6-,7-/m1/s1. The summed E-state index contributed by atoms with van der Waals surface area (Å²) in [5.41, 5.74) is 10.3. The van der Waals surface area contributed by atoms with Crippen LogP contribution in [0.4, 0.5) is 0 Å². The maximum atomic E-state index is 10.8. The SMILES string of the molecule is CC(=O)[C@H](N)[C@@H](O)[C@H](O)[C@H](O)COC(N)=S. The third-order valence-electron chi connectivity index (χ3n) is 1.98. The van der Waals surface area contributed by atoms with Gasteiger partial charge < -0.3 is 31.5 Å². The van der Waals surface area contributed by atoms with Crippen LogP contribution in [0.15, 0.2) is 0 Å². The third kappa shape index (κ3) is 4.81. The smallest absolute Gasteiger partial charge is 0.254 e. The number of ether oxygens (including phenoxy) is 1. The number of Topliss-reactive ketones (excluding diaryl/α,β-unsaturated/α-hetero) is 1. The van der Waals surface area contributed by atoms with Crippen LogP contribution in [-0.2, 0) is 9.53 Å². The number of ketones is 1. The summed E-state index contributed by atoms with van der Waals surface area (Å²) < 4.78 is 4.58. The van der Waals surface area contributed by atoms with Crippen molar-refractivity contribution in [3.05, 3.63) is 0 Å². The molecule has 0 amide bonds. The van der Waals surface area contributed by atoms with E-state index in [1.165, 1.54) is 6.92 Å². The molecule has 94 valence electrons. The summed E-state index contributed by atoms with van der Waals surface area (Å²) >= 11 is 4.38. The normalized spacial score (nSPS) is 18.3. The lowest BCUT2D eigenvalue weighted by atomic mass is 9.99. The van der Waals surface area contributed by atoms with E-state index in [1.54, 1.807) is 0 Å². The molecule has 4 atom stereocenters. The number of nitrogens with two attached hydrogens (primary N) is 2. The van der Waals surface area contributed by atoms with Crippen molar-refractivity contribution in [2.45, 2.75) is 31.3 Å². The molecule has 0 aliphatic rings. The van der Waals surface area contributed by atoms with Crippen molar-refractivity contribution < 1.29 is 24.9 Å². The molecule has 0 unspecified atom stereocenters. The van der Waals surface area contributed by atoms with Gasteiger partial charge in [-0.2, -0.15) is 0 Å². The van der Waals surface area contributed by atoms with Crippen molar-refractivity contribution in [2.75, 3.05) is 6.61 Å². The third-order valence-corrected chi connectivity index (χ3v) is 2.10. The van der Waals surface area contributed by atoms with Crippen LogP contribution in [-0.4, -0.2) is 57.2 Å². The molecule has 0 radical (unpaired) electrons. The van der Waals surface area contributed by atoms with Crippen LogP contribution in [0, 0.1) is 0 Å². The summed E-state index contributed by atoms with van der Waals surface area (Å²) in [6.07, 6.45) is -4.64. The van der Waals surface area contributed by atoms with Crippen LogP contribution >= 0.6 is 12.2 Å². The molecule has 7 N–H and O–H groups in total. The lowest BCUT2D eigenvalue weighted by molar-refractivity contribution is -0.126. The number of aliphatic hydroxyl groups is 3. The average molecular weight is 252 g/mol. The fraction of sp³-hybridized carbons (Fsp3) is 0.750. The molecule has 0 aliphatic heterocycles. The van der Waals surface area contributed by atoms with Gasteiger partial charge in [-0.3, -0.25) is 4.79 Å². The Hall–Kier alpha value is -0.800. The molecule has 0 bridgehead atoms. The second-order valence-electron chi connectivity index (χ2n) is 3.32. The van der Waals surface area contributed by atoms with Gasteiger partial charge in [0.15, 0.2) is 0 Å². The van der Waals surface area contributed by atoms with Gasteiger partial charge in [-0.05, 0) is 19.1 Å². The summed E-state index contributed by atoms with van der Waals surface area (Å²) in [5, 5.41) is 27.9. The minimum atomic E-state index is -1.62. The first-order valence-corrected chi connectivity index (χ1v) is 4.90. The Morgan fingerprint density at radius 2 is 1.88 bits per heavy atom. The summed E-state index contributed by atoms with van der Waals surface area (Å²) in [6.45, 7) is 0.774. The predicted octanol–water partition coefficient (Wildman–Crippen LogP) is -2.75. The van der Waals surface area contributed by atoms with Gasteiger partial charge in [0.2, 0.25) is 0 Å². The molecular formula is C8H16N2O5S. The molecule has 0 spiro atoms. The van der Waals surface area contributed by atoms with Crippen LogP contribution in [0.25, 0.3) is 0 Å². The van der Waals surface area contributed by atoms with Gasteiger partial charge in [0.1, 0.15) is 30.7 Å². The molecule has 0 saturated heterocycles. The quantitative estimate of drug-likeness (QED) is 0.320. The first-order valence-electron chi connectivity index (χ1n) is 4.49. The molecule has 0 aromatic heterocycles. The Morgan fingerprint density at radius 1 is 1.38 bits per heavy atom. The van der Waals surface area contributed by atoms with E-state index in [-0.39, 0.29) is 5.17 Å². The number of carbonyl (C=O) groups is 1. The summed E-state index contributed by atoms with van der Waals surface area (Å²) in [7, 11) is 0. The van der Waals surface area contributed by atoms with E-state index in [9.17, 15) is 20.1 Å². The highest BCUT2D eigenvalue weighted by atomic mass is 32.1. The molecule has 0 fully saturated rings. The maximum Gasteiger partial charge on any atom is 0.254 e. The highest BCUT2D eigenvalue weighted by Gasteiger charge is 2.31. The van der Waals surface area contributed by atoms with E-state index >= 15 is 0 Å². The van der Waals surface area contributed by atoms with E-state index < -0.39 is 36.7 Å². The molecule has 8 heteroatoms. The summed E-state index contributed by atoms with van der Waals surface area (Å²) in [6, 6.07) is -1.27. The van der Waals surface area contributed by atoms with Crippen LogP contribution in [0.3, 0.4) is 0 Å². The van der Waals surface area contributed by atoms with Gasteiger partial charge in [0.25, 0.3) is 5.17 Å². The van der Waals surface area contributed by atoms with Crippen molar-refractivity contribution in [2.24, 2.45) is 11.5 Å². The van der Waals surface area contributed by atoms with Gasteiger partial charge in [-0.1, -0.05) is 0 Å². The number of thiocarbonyl (C=S) groups is 1. The number of hydrogen-bond acceptors (Lipinski definition) is 7. The number of rotatable bonds is 6. The lowest BCUT2D eigenvalue weighted by Gasteiger charge is -2.25. The fourth-order valence-corrected chi connectivity index (χ4v) is 1.01. The molecular weight excluding hydrogens is 236 g/mol. The molecule has 16 heavy (non-hydrogen) atoms. The van der Waals surface area contributed by atoms with Crippen molar-refractivity contribution in [3.8, 4) is 0 Å². The van der Waals surface area contributed by atoms with Gasteiger partial charge in [0, 0.05) is 0 Å². The van der Waals surface area contributed by atoms with Crippen molar-refractivity contribution in [1.29, 1.82) is 0 Å². The molecule has 0 aromatic rings. The van der Waals surface area contributed by atoms with Crippen molar-refractivity contribution >= 4 is 23.2 Å². The second kappa shape index (κ2) is 6.71. The zero-order valence-corrected chi connectivity index (χ0v) is 9.55. The van der Waals surface area contributed by atoms with E-state index in [0.717, 1.165) is 0 Å². The van der Waals surface area contributed by atoms with Crippen molar-refractivity contribution in [1.82, 2.24) is 0 Å². The largest absolute Gasteiger partial charge is 0.468 e. The molecule has 7 nitrogen and oxygen atoms in total. The zero-order chi connectivity index (χ0) is 12.9. The van der Waals surface area contributed by atoms with Gasteiger partial charge in [0.05, 0.1) is 6.04 Å². The molecule has 0 aromatic carbocycles. The van der Waals surface area contributed by atoms with Gasteiger partial charge in [-0.15, -0.1) is 0 Å². The van der Waals surface area contributed by atoms with Gasteiger partial charge >= 0.3 is 0 Å². The van der Waals surface area contributed by atoms with Crippen LogP contribution in [0.1, 0.15) is 6.92 Å². The number of hydrogen-bond donors (Lipinski definition) is 5. The second-order valence-corrected chi connectivity index (χ2v) is 3.72. The molecule has 0 aliphatic carbocycles. The van der Waals surface area contributed by atoms with Crippen LogP contribution in [0.2, 0.25) is 0 Å². The van der Waals surface area contributed by atoms with Crippen LogP contribution in [0.5, 0.6) is 0 Å². The van der Waals surface area contributed by atoms with Crippen molar-refractivity contribution in [3.63, 3.8) is 0 Å². The predicted molar refractivity (Wildman–Crippen MR) is 59.4 cm³/mol. The summed E-state index contributed by atoms with van der Waals surface area (Å²) in [4.78, 5) is 10.8. The van der Waals surface area contributed by atoms with Crippen LogP contribution < -0.4 is 11.5 Å². The minimum Gasteiger partial charge on any atom is -0.468 e. The molecule has 0 saturated carbocycles. The zero-order valence-electron chi connectivity index (χ0n) is 8.74. The van der Waals surface area contributed by atoms with E-state index in [0.29, 0.717) is 0 Å². The Labute approximate surface area is 98.0 Å². The van der Waals surface area contributed by atoms with E-state index in [2.05, 4.69) is 17.0 Å². The highest BCUT2D eigenvalue weighted by molar-refractivity contribution is 7.80. The highest BCUT2D eigenvalue weighted by Crippen LogP contribution is 2.05. The first-order chi connectivity index (χ1) is 7.27. The van der Waals surface area contributed by atoms with E-state index in [4.69, 9.17) is 11.5 Å². The Kier molecular flexibility index (Phi) is 6.38. The minimum absolute atomic E-state index is 0.295. The maximum absolute atomic E-state index is 10.8. The van der Waals surface area contributed by atoms with E-state index in [1.807, 2.05) is 0 Å². The topological polar surface area (TPSA) is 139 Å². The first kappa shape index (κ1) is 15.2. The summed E-state index contributed by atoms with van der Waals surface area (Å²) in [5.74, 6) is -0.506. The lowest BCUT2D eigenvalue weighted by Crippen LogP contribution is -2.52. The monoisotopic (exact) mass is 252 g/mol. The average Bonchev–Trinajstić information content (AvgIpc) is 2.22. The number of aliphatic hydroxyl groups excluding tert-OH is 3. The van der Waals surface area contributed by atoms with Gasteiger partial charge in [-0.25, -0.2) is 0 Å². The molecule has 0 heterocycles. The Morgan fingerprint density at radius 3 is 2.25 bits per heavy atom. The molecule has 0 rings (SSSR count). The Bertz CT molecular complexity index is 263. The number of carbonyl (C=O) groups excluding carboxylic acids is 1. The fourth-order valence-electron chi connectivity index (χ4n) is 0.947.